The molecule has 0 unspecified atom stereocenters. The molecule has 0 radical (unpaired) electrons. The van der Waals surface area contributed by atoms with E-state index >= 15 is 0 Å². The van der Waals surface area contributed by atoms with Crippen molar-refractivity contribution in [2.75, 3.05) is 0 Å². The number of benzene rings is 1. The third-order valence-electron chi connectivity index (χ3n) is 1.92. The smallest absolute Gasteiger partial charge is 0.0118 e. The van der Waals surface area contributed by atoms with Crippen LogP contribution in [0.15, 0.2) is 30.3 Å². The number of hydrogen-bond donors (Lipinski definition) is 0. The van der Waals surface area contributed by atoms with Gasteiger partial charge in [-0.3, -0.25) is 0 Å². The van der Waals surface area contributed by atoms with Crippen LogP contribution in [-0.4, -0.2) is 10.6 Å². The van der Waals surface area contributed by atoms with Crippen LogP contribution in [0.5, 0.6) is 0 Å². The van der Waals surface area contributed by atoms with Gasteiger partial charge >= 0.3 is 0 Å². The van der Waals surface area contributed by atoms with Crippen LogP contribution in [0.2, 0.25) is 0 Å². The second kappa shape index (κ2) is 3.90. The van der Waals surface area contributed by atoms with E-state index in [1.54, 1.807) is 0 Å². The molecule has 2 heteroatoms. The fourth-order valence-electron chi connectivity index (χ4n) is 0.986. The standard InChI is InChI=1S/C11H16NO/c1-11(2,3)12(13)9-10-7-5-4-6-8-10/h4-8H,9H2,1-3H3/q-1. The van der Waals surface area contributed by atoms with E-state index in [0.29, 0.717) is 6.54 Å². The van der Waals surface area contributed by atoms with Crippen molar-refractivity contribution >= 4 is 0 Å². The number of rotatable bonds is 2. The Morgan fingerprint density at radius 1 is 1.15 bits per heavy atom. The highest BCUT2D eigenvalue weighted by Gasteiger charge is 2.11. The van der Waals surface area contributed by atoms with E-state index in [9.17, 15) is 5.21 Å². The van der Waals surface area contributed by atoms with E-state index in [-0.39, 0.29) is 5.54 Å². The van der Waals surface area contributed by atoms with Gasteiger partial charge in [0.05, 0.1) is 0 Å². The summed E-state index contributed by atoms with van der Waals surface area (Å²) in [4.78, 5) is 0. The fourth-order valence-corrected chi connectivity index (χ4v) is 0.986. The Morgan fingerprint density at radius 3 is 2.15 bits per heavy atom. The first kappa shape index (κ1) is 10.2. The predicted molar refractivity (Wildman–Crippen MR) is 55.1 cm³/mol. The SMILES string of the molecule is CC(C)(C)N([O-])Cc1ccccc1. The molecule has 0 saturated carbocycles. The molecule has 0 atom stereocenters. The molecule has 1 rings (SSSR count). The van der Waals surface area contributed by atoms with Crippen molar-refractivity contribution in [2.24, 2.45) is 0 Å². The molecule has 0 saturated heterocycles. The number of hydroxylamine groups is 2. The van der Waals surface area contributed by atoms with Gasteiger partial charge in [-0.1, -0.05) is 30.3 Å². The monoisotopic (exact) mass is 178 g/mol. The summed E-state index contributed by atoms with van der Waals surface area (Å²) in [6.45, 7) is 6.22. The predicted octanol–water partition coefficient (Wildman–Crippen LogP) is 2.78. The Kier molecular flexibility index (Phi) is 3.07. The topological polar surface area (TPSA) is 26.3 Å². The second-order valence-electron chi connectivity index (χ2n) is 4.19. The Labute approximate surface area is 79.8 Å². The van der Waals surface area contributed by atoms with Crippen LogP contribution >= 0.6 is 0 Å². The van der Waals surface area contributed by atoms with Crippen LogP contribution in [0.25, 0.3) is 0 Å². The molecule has 0 aliphatic rings. The van der Waals surface area contributed by atoms with E-state index in [2.05, 4.69) is 0 Å². The van der Waals surface area contributed by atoms with Gasteiger partial charge in [-0.15, -0.1) is 0 Å². The molecular weight excluding hydrogens is 162 g/mol. The van der Waals surface area contributed by atoms with Gasteiger partial charge in [0.15, 0.2) is 0 Å². The molecule has 72 valence electrons. The summed E-state index contributed by atoms with van der Waals surface area (Å²) in [6.07, 6.45) is 0. The maximum absolute atomic E-state index is 11.6. The maximum Gasteiger partial charge on any atom is 0.0118 e. The van der Waals surface area contributed by atoms with Crippen LogP contribution in [0, 0.1) is 5.21 Å². The van der Waals surface area contributed by atoms with Crippen molar-refractivity contribution in [1.29, 1.82) is 0 Å². The quantitative estimate of drug-likeness (QED) is 0.651. The lowest BCUT2D eigenvalue weighted by Crippen LogP contribution is -2.35. The molecular formula is C11H16NO-. The molecule has 0 N–H and O–H groups in total. The lowest BCUT2D eigenvalue weighted by Gasteiger charge is -2.41. The third-order valence-corrected chi connectivity index (χ3v) is 1.92. The van der Waals surface area contributed by atoms with Crippen molar-refractivity contribution in [3.8, 4) is 0 Å². The minimum Gasteiger partial charge on any atom is -0.785 e. The highest BCUT2D eigenvalue weighted by molar-refractivity contribution is 5.14. The summed E-state index contributed by atoms with van der Waals surface area (Å²) in [5.74, 6) is 0. The molecule has 0 heterocycles. The molecule has 1 aromatic rings. The summed E-state index contributed by atoms with van der Waals surface area (Å²) in [5.41, 5.74) is 0.753. The molecule has 0 fully saturated rings. The zero-order valence-electron chi connectivity index (χ0n) is 8.45. The first-order valence-electron chi connectivity index (χ1n) is 4.49. The van der Waals surface area contributed by atoms with Gasteiger partial charge in [-0.25, -0.2) is 0 Å². The van der Waals surface area contributed by atoms with E-state index in [0.717, 1.165) is 10.6 Å². The Hall–Kier alpha value is -0.860. The zero-order valence-corrected chi connectivity index (χ0v) is 8.45. The molecule has 2 nitrogen and oxygen atoms in total. The summed E-state index contributed by atoms with van der Waals surface area (Å²) < 4.78 is 0. The van der Waals surface area contributed by atoms with E-state index < -0.39 is 0 Å². The van der Waals surface area contributed by atoms with Crippen LogP contribution in [0.3, 0.4) is 0 Å². The summed E-state index contributed by atoms with van der Waals surface area (Å²) in [6, 6.07) is 9.79. The normalized spacial score (nSPS) is 12.1. The summed E-state index contributed by atoms with van der Waals surface area (Å²) in [7, 11) is 0. The molecule has 1 aromatic carbocycles. The minimum absolute atomic E-state index is 0.310. The van der Waals surface area contributed by atoms with E-state index in [1.165, 1.54) is 0 Å². The molecule has 0 aliphatic carbocycles. The van der Waals surface area contributed by atoms with Crippen molar-refractivity contribution < 1.29 is 0 Å². The molecule has 13 heavy (non-hydrogen) atoms. The van der Waals surface area contributed by atoms with Gasteiger partial charge in [0.2, 0.25) is 0 Å². The average Bonchev–Trinajstić information content (AvgIpc) is 2.04. The second-order valence-corrected chi connectivity index (χ2v) is 4.19. The Morgan fingerprint density at radius 2 is 1.69 bits per heavy atom. The first-order chi connectivity index (χ1) is 6.00. The zero-order chi connectivity index (χ0) is 9.90. The highest BCUT2D eigenvalue weighted by atomic mass is 16.5. The number of nitrogens with zero attached hydrogens (tertiary/aromatic N) is 1. The maximum atomic E-state index is 11.6. The van der Waals surface area contributed by atoms with Gasteiger partial charge in [0.1, 0.15) is 0 Å². The molecule has 0 spiro atoms. The van der Waals surface area contributed by atoms with Crippen LogP contribution in [0.4, 0.5) is 0 Å². The molecule has 0 bridgehead atoms. The lowest BCUT2D eigenvalue weighted by molar-refractivity contribution is 0.198. The Bertz CT molecular complexity index is 251. The minimum atomic E-state index is -0.310. The number of hydrogen-bond acceptors (Lipinski definition) is 2. The molecule has 0 aromatic heterocycles. The van der Waals surface area contributed by atoms with Crippen molar-refractivity contribution in [1.82, 2.24) is 5.06 Å². The lowest BCUT2D eigenvalue weighted by atomic mass is 10.1. The largest absolute Gasteiger partial charge is 0.785 e. The highest BCUT2D eigenvalue weighted by Crippen LogP contribution is 2.14. The van der Waals surface area contributed by atoms with Crippen molar-refractivity contribution in [3.05, 3.63) is 41.1 Å². The van der Waals surface area contributed by atoms with E-state index in [4.69, 9.17) is 0 Å². The average molecular weight is 178 g/mol. The first-order valence-corrected chi connectivity index (χ1v) is 4.49. The van der Waals surface area contributed by atoms with Crippen molar-refractivity contribution in [3.63, 3.8) is 0 Å². The van der Waals surface area contributed by atoms with Crippen LogP contribution in [0.1, 0.15) is 26.3 Å². The molecule has 0 aliphatic heterocycles. The van der Waals surface area contributed by atoms with Gasteiger partial charge < -0.3 is 10.3 Å². The van der Waals surface area contributed by atoms with Gasteiger partial charge in [-0.05, 0) is 26.3 Å². The summed E-state index contributed by atoms with van der Waals surface area (Å²) in [5, 5.41) is 12.7. The van der Waals surface area contributed by atoms with Gasteiger partial charge in [-0.2, -0.15) is 0 Å². The third kappa shape index (κ3) is 3.17. The van der Waals surface area contributed by atoms with Gasteiger partial charge in [0.25, 0.3) is 0 Å². The van der Waals surface area contributed by atoms with Crippen molar-refractivity contribution in [2.45, 2.75) is 32.9 Å². The Balaban J connectivity index is 2.61. The van der Waals surface area contributed by atoms with E-state index in [1.807, 2.05) is 51.1 Å². The van der Waals surface area contributed by atoms with Crippen LogP contribution < -0.4 is 0 Å². The fraction of sp³-hybridized carbons (Fsp3) is 0.455. The van der Waals surface area contributed by atoms with Crippen LogP contribution in [-0.2, 0) is 6.54 Å². The molecule has 0 amide bonds. The summed E-state index contributed by atoms with van der Waals surface area (Å²) >= 11 is 0. The van der Waals surface area contributed by atoms with Gasteiger partial charge in [0, 0.05) is 12.1 Å².